The topological polar surface area (TPSA) is 198 Å². The number of ether oxygens (including phenoxy) is 1. The van der Waals surface area contributed by atoms with Gasteiger partial charge in [0.05, 0.1) is 13.2 Å². The molecule has 0 aromatic heterocycles. The van der Waals surface area contributed by atoms with Gasteiger partial charge < -0.3 is 32.6 Å². The van der Waals surface area contributed by atoms with Crippen molar-refractivity contribution in [2.24, 2.45) is 22.2 Å². The van der Waals surface area contributed by atoms with Gasteiger partial charge in [-0.3, -0.25) is 29.2 Å². The van der Waals surface area contributed by atoms with E-state index < -0.39 is 35.2 Å². The summed E-state index contributed by atoms with van der Waals surface area (Å²) in [5, 5.41) is 8.67. The second-order valence-corrected chi connectivity index (χ2v) is 11.2. The SMILES string of the molecule is COc1ccc(CCNC(=O)C(=O)C(CCCN=C(N)N)NC(=O)[C@@H]2CCN3CC[C@@](N)(Cc4ccccc4)C(=O)N23)cc1. The molecule has 3 amide bonds. The van der Waals surface area contributed by atoms with Crippen LogP contribution in [-0.4, -0.2) is 90.4 Å². The van der Waals surface area contributed by atoms with E-state index >= 15 is 0 Å². The number of nitrogens with one attached hydrogen (secondary N) is 2. The maximum absolute atomic E-state index is 13.7. The Morgan fingerprint density at radius 2 is 1.80 bits per heavy atom. The molecule has 4 rings (SSSR count). The molecule has 0 saturated carbocycles. The molecule has 8 N–H and O–H groups in total. The first kappa shape index (κ1) is 32.4. The number of hydrogen-bond acceptors (Lipinski definition) is 8. The average Bonchev–Trinajstić information content (AvgIpc) is 3.46. The van der Waals surface area contributed by atoms with Gasteiger partial charge in [0.25, 0.3) is 11.8 Å². The monoisotopic (exact) mass is 606 g/mol. The van der Waals surface area contributed by atoms with Gasteiger partial charge in [0.1, 0.15) is 17.3 Å². The first-order valence-electron chi connectivity index (χ1n) is 14.8. The van der Waals surface area contributed by atoms with E-state index in [0.717, 1.165) is 16.9 Å². The van der Waals surface area contributed by atoms with E-state index in [-0.39, 0.29) is 31.4 Å². The summed E-state index contributed by atoms with van der Waals surface area (Å²) in [5.41, 5.74) is 18.2. The summed E-state index contributed by atoms with van der Waals surface area (Å²) in [4.78, 5) is 57.4. The molecule has 1 unspecified atom stereocenters. The van der Waals surface area contributed by atoms with Crippen LogP contribution in [0.25, 0.3) is 0 Å². The first-order chi connectivity index (χ1) is 21.1. The number of hydrazine groups is 1. The number of nitrogens with two attached hydrogens (primary N) is 3. The van der Waals surface area contributed by atoms with Crippen molar-refractivity contribution in [1.29, 1.82) is 0 Å². The zero-order valence-corrected chi connectivity index (χ0v) is 25.0. The van der Waals surface area contributed by atoms with Crippen LogP contribution in [0.3, 0.4) is 0 Å². The molecule has 3 atom stereocenters. The first-order valence-corrected chi connectivity index (χ1v) is 14.8. The molecule has 13 heteroatoms. The Morgan fingerprint density at radius 3 is 2.48 bits per heavy atom. The van der Waals surface area contributed by atoms with Gasteiger partial charge in [-0.2, -0.15) is 0 Å². The molecule has 2 aromatic rings. The Kier molecular flexibility index (Phi) is 10.9. The fourth-order valence-corrected chi connectivity index (χ4v) is 5.62. The highest BCUT2D eigenvalue weighted by atomic mass is 16.5. The predicted molar refractivity (Wildman–Crippen MR) is 165 cm³/mol. The third-order valence-corrected chi connectivity index (χ3v) is 8.04. The van der Waals surface area contributed by atoms with E-state index in [9.17, 15) is 19.2 Å². The van der Waals surface area contributed by atoms with Crippen LogP contribution in [0, 0.1) is 0 Å². The molecule has 2 fully saturated rings. The number of carbonyl (C=O) groups excluding carboxylic acids is 4. The minimum atomic E-state index is -1.17. The van der Waals surface area contributed by atoms with Gasteiger partial charge in [-0.25, -0.2) is 5.01 Å². The summed E-state index contributed by atoms with van der Waals surface area (Å²) in [6, 6.07) is 14.9. The Balaban J connectivity index is 1.41. The van der Waals surface area contributed by atoms with Crippen LogP contribution in [0.2, 0.25) is 0 Å². The molecule has 44 heavy (non-hydrogen) atoms. The quantitative estimate of drug-likeness (QED) is 0.0824. The Hall–Kier alpha value is -4.49. The van der Waals surface area contributed by atoms with E-state index in [2.05, 4.69) is 15.6 Å². The van der Waals surface area contributed by atoms with Crippen LogP contribution in [-0.2, 0) is 32.0 Å². The fourth-order valence-electron chi connectivity index (χ4n) is 5.62. The number of amides is 3. The number of benzene rings is 2. The van der Waals surface area contributed by atoms with Crippen molar-refractivity contribution in [3.63, 3.8) is 0 Å². The predicted octanol–water partition coefficient (Wildman–Crippen LogP) is -0.377. The third-order valence-electron chi connectivity index (χ3n) is 8.04. The number of rotatable bonds is 14. The summed E-state index contributed by atoms with van der Waals surface area (Å²) < 4.78 is 5.16. The lowest BCUT2D eigenvalue weighted by atomic mass is 9.85. The Bertz CT molecular complexity index is 1350. The lowest BCUT2D eigenvalue weighted by Gasteiger charge is -2.44. The number of hydrogen-bond donors (Lipinski definition) is 5. The highest BCUT2D eigenvalue weighted by molar-refractivity contribution is 6.38. The molecule has 0 radical (unpaired) electrons. The molecule has 2 aliphatic heterocycles. The maximum Gasteiger partial charge on any atom is 0.289 e. The zero-order valence-electron chi connectivity index (χ0n) is 25.0. The van der Waals surface area contributed by atoms with E-state index in [1.165, 1.54) is 5.01 Å². The second kappa shape index (κ2) is 14.8. The Labute approximate surface area is 257 Å². The lowest BCUT2D eigenvalue weighted by molar-refractivity contribution is -0.165. The standard InChI is InChI=1S/C31H42N8O5/c1-44-23-11-9-21(10-12-23)13-17-35-28(42)26(40)24(8-5-16-36-30(32)33)37-27(41)25-14-18-38-19-15-31(34,29(43)39(25)38)20-22-6-3-2-4-7-22/h2-4,6-7,9-12,24-25H,5,8,13-20,34H2,1H3,(H,35,42)(H,37,41)(H4,32,33,36)/t24?,25-,31+/m0/s1. The lowest BCUT2D eigenvalue weighted by Crippen LogP contribution is -2.67. The van der Waals surface area contributed by atoms with Crippen LogP contribution in [0.1, 0.15) is 36.8 Å². The zero-order chi connectivity index (χ0) is 31.7. The summed E-state index contributed by atoms with van der Waals surface area (Å²) >= 11 is 0. The number of nitrogens with zero attached hydrogens (tertiary/aromatic N) is 3. The van der Waals surface area contributed by atoms with E-state index in [1.807, 2.05) is 59.6 Å². The summed E-state index contributed by atoms with van der Waals surface area (Å²) in [6.07, 6.45) is 2.15. The highest BCUT2D eigenvalue weighted by Crippen LogP contribution is 2.31. The number of Topliss-reactive ketones (excluding diaryl/α,β-unsaturated/α-hetero) is 1. The normalized spacial score (nSPS) is 20.4. The van der Waals surface area contributed by atoms with Crippen molar-refractivity contribution >= 4 is 29.5 Å². The van der Waals surface area contributed by atoms with E-state index in [1.54, 1.807) is 7.11 Å². The van der Waals surface area contributed by atoms with Gasteiger partial charge in [0.15, 0.2) is 5.96 Å². The van der Waals surface area contributed by atoms with Gasteiger partial charge in [-0.15, -0.1) is 0 Å². The van der Waals surface area contributed by atoms with Gasteiger partial charge in [-0.05, 0) is 61.8 Å². The number of aliphatic imine (C=N–C) groups is 1. The van der Waals surface area contributed by atoms with Crippen molar-refractivity contribution < 1.29 is 23.9 Å². The van der Waals surface area contributed by atoms with E-state index in [4.69, 9.17) is 21.9 Å². The molecular formula is C31H42N8O5. The second-order valence-electron chi connectivity index (χ2n) is 11.2. The van der Waals surface area contributed by atoms with Crippen molar-refractivity contribution in [3.05, 3.63) is 65.7 Å². The van der Waals surface area contributed by atoms with E-state index in [0.29, 0.717) is 45.2 Å². The van der Waals surface area contributed by atoms with Gasteiger partial charge in [0.2, 0.25) is 11.7 Å². The molecule has 2 heterocycles. The molecule has 0 aliphatic carbocycles. The number of methoxy groups -OCH3 is 1. The van der Waals surface area contributed by atoms with Crippen LogP contribution in [0.5, 0.6) is 5.75 Å². The third kappa shape index (κ3) is 8.11. The summed E-state index contributed by atoms with van der Waals surface area (Å²) in [5.74, 6) is -1.82. The number of ketones is 1. The molecule has 13 nitrogen and oxygen atoms in total. The van der Waals surface area contributed by atoms with Crippen LogP contribution >= 0.6 is 0 Å². The minimum Gasteiger partial charge on any atom is -0.497 e. The van der Waals surface area contributed by atoms with Crippen molar-refractivity contribution in [3.8, 4) is 5.75 Å². The summed E-state index contributed by atoms with van der Waals surface area (Å²) in [6.45, 7) is 1.47. The number of fused-ring (bicyclic) bond motifs is 1. The maximum atomic E-state index is 13.7. The molecule has 236 valence electrons. The fraction of sp³-hybridized carbons (Fsp3) is 0.452. The minimum absolute atomic E-state index is 0.0939. The van der Waals surface area contributed by atoms with Crippen molar-refractivity contribution in [2.75, 3.05) is 33.3 Å². The van der Waals surface area contributed by atoms with Crippen molar-refractivity contribution in [2.45, 2.75) is 56.1 Å². The van der Waals surface area contributed by atoms with Crippen molar-refractivity contribution in [1.82, 2.24) is 20.7 Å². The van der Waals surface area contributed by atoms with Gasteiger partial charge >= 0.3 is 0 Å². The molecule has 2 aromatic carbocycles. The van der Waals surface area contributed by atoms with Crippen LogP contribution in [0.4, 0.5) is 0 Å². The molecule has 0 spiro atoms. The molecular weight excluding hydrogens is 564 g/mol. The smallest absolute Gasteiger partial charge is 0.289 e. The molecule has 2 saturated heterocycles. The number of guanidine groups is 1. The van der Waals surface area contributed by atoms with Crippen LogP contribution in [0.15, 0.2) is 59.6 Å². The van der Waals surface area contributed by atoms with Gasteiger partial charge in [0, 0.05) is 26.2 Å². The Morgan fingerprint density at radius 1 is 1.07 bits per heavy atom. The average molecular weight is 607 g/mol. The summed E-state index contributed by atoms with van der Waals surface area (Å²) in [7, 11) is 1.58. The van der Waals surface area contributed by atoms with Crippen LogP contribution < -0.4 is 32.6 Å². The highest BCUT2D eigenvalue weighted by Gasteiger charge is 2.51. The van der Waals surface area contributed by atoms with Gasteiger partial charge in [-0.1, -0.05) is 42.5 Å². The molecule has 0 bridgehead atoms. The molecule has 2 aliphatic rings. The largest absolute Gasteiger partial charge is 0.497 e. The number of carbonyl (C=O) groups is 4.